The van der Waals surface area contributed by atoms with E-state index in [9.17, 15) is 17.6 Å². The summed E-state index contributed by atoms with van der Waals surface area (Å²) in [6.45, 7) is 0.544. The smallest absolute Gasteiger partial charge is 0.310 e. The molecule has 0 bridgehead atoms. The van der Waals surface area contributed by atoms with Crippen LogP contribution >= 0.6 is 0 Å². The number of hydrogen-bond donors (Lipinski definition) is 1. The van der Waals surface area contributed by atoms with E-state index in [0.29, 0.717) is 5.56 Å². The first kappa shape index (κ1) is 11.4. The molecule has 0 spiro atoms. The predicted octanol–water partition coefficient (Wildman–Crippen LogP) is 2.56. The van der Waals surface area contributed by atoms with Crippen molar-refractivity contribution in [1.29, 1.82) is 0 Å². The second-order valence-electron chi connectivity index (χ2n) is 4.13. The van der Waals surface area contributed by atoms with E-state index in [2.05, 4.69) is 5.32 Å². The summed E-state index contributed by atoms with van der Waals surface area (Å²) in [7, 11) is 0. The molecule has 1 aromatic rings. The van der Waals surface area contributed by atoms with Crippen molar-refractivity contribution in [1.82, 2.24) is 5.32 Å². The molecule has 0 atom stereocenters. The van der Waals surface area contributed by atoms with E-state index in [-0.39, 0.29) is 19.5 Å². The Kier molecular flexibility index (Phi) is 2.66. The third kappa shape index (κ3) is 2.35. The van der Waals surface area contributed by atoms with Gasteiger partial charge < -0.3 is 5.32 Å². The van der Waals surface area contributed by atoms with Crippen LogP contribution in [-0.2, 0) is 12.6 Å². The SMILES string of the molecule is FC1(Cc2ccc(C(F)(F)F)cc2)CNC1. The lowest BCUT2D eigenvalue weighted by Crippen LogP contribution is -2.57. The van der Waals surface area contributed by atoms with Crippen molar-refractivity contribution in [3.63, 3.8) is 0 Å². The van der Waals surface area contributed by atoms with Gasteiger partial charge in [-0.05, 0) is 17.7 Å². The highest BCUT2D eigenvalue weighted by Gasteiger charge is 2.37. The number of benzene rings is 1. The van der Waals surface area contributed by atoms with Gasteiger partial charge in [-0.2, -0.15) is 13.2 Å². The molecule has 1 saturated heterocycles. The van der Waals surface area contributed by atoms with Crippen LogP contribution in [-0.4, -0.2) is 18.8 Å². The van der Waals surface area contributed by atoms with Crippen molar-refractivity contribution in [2.24, 2.45) is 0 Å². The molecule has 1 heterocycles. The van der Waals surface area contributed by atoms with Gasteiger partial charge in [-0.3, -0.25) is 0 Å². The van der Waals surface area contributed by atoms with E-state index in [1.54, 1.807) is 0 Å². The van der Waals surface area contributed by atoms with E-state index < -0.39 is 17.4 Å². The van der Waals surface area contributed by atoms with Crippen LogP contribution in [0.1, 0.15) is 11.1 Å². The maximum atomic E-state index is 13.6. The molecule has 0 aromatic heterocycles. The molecular formula is C11H11F4N. The van der Waals surface area contributed by atoms with Crippen molar-refractivity contribution >= 4 is 0 Å². The zero-order valence-electron chi connectivity index (χ0n) is 8.44. The van der Waals surface area contributed by atoms with Crippen molar-refractivity contribution in [3.8, 4) is 0 Å². The fourth-order valence-electron chi connectivity index (χ4n) is 1.70. The standard InChI is InChI=1S/C11H11F4N/c12-10(6-16-7-10)5-8-1-3-9(4-2-8)11(13,14)15/h1-4,16H,5-7H2. The lowest BCUT2D eigenvalue weighted by atomic mass is 9.91. The average molecular weight is 233 g/mol. The summed E-state index contributed by atoms with van der Waals surface area (Å²) in [5, 5.41) is 2.80. The van der Waals surface area contributed by atoms with Crippen molar-refractivity contribution in [3.05, 3.63) is 35.4 Å². The van der Waals surface area contributed by atoms with Crippen LogP contribution in [0.25, 0.3) is 0 Å². The summed E-state index contributed by atoms with van der Waals surface area (Å²) in [4.78, 5) is 0. The molecule has 1 nitrogen and oxygen atoms in total. The van der Waals surface area contributed by atoms with Crippen LogP contribution < -0.4 is 5.32 Å². The van der Waals surface area contributed by atoms with Gasteiger partial charge in [0.15, 0.2) is 0 Å². The van der Waals surface area contributed by atoms with Gasteiger partial charge >= 0.3 is 6.18 Å². The van der Waals surface area contributed by atoms with Gasteiger partial charge in [0.05, 0.1) is 5.56 Å². The minimum absolute atomic E-state index is 0.165. The molecule has 2 rings (SSSR count). The monoisotopic (exact) mass is 233 g/mol. The number of nitrogens with one attached hydrogen (secondary N) is 1. The fraction of sp³-hybridized carbons (Fsp3) is 0.455. The molecule has 1 aliphatic heterocycles. The van der Waals surface area contributed by atoms with E-state index >= 15 is 0 Å². The Hall–Kier alpha value is -1.10. The predicted molar refractivity (Wildman–Crippen MR) is 51.9 cm³/mol. The number of hydrogen-bond acceptors (Lipinski definition) is 1. The highest BCUT2D eigenvalue weighted by molar-refractivity contribution is 5.26. The van der Waals surface area contributed by atoms with Gasteiger partial charge in [0.25, 0.3) is 0 Å². The zero-order chi connectivity index (χ0) is 11.8. The normalized spacial score (nSPS) is 19.2. The molecule has 5 heteroatoms. The first-order chi connectivity index (χ1) is 7.39. The maximum absolute atomic E-state index is 13.6. The van der Waals surface area contributed by atoms with Crippen molar-refractivity contribution in [2.75, 3.05) is 13.1 Å². The highest BCUT2D eigenvalue weighted by Crippen LogP contribution is 2.30. The first-order valence-electron chi connectivity index (χ1n) is 4.95. The van der Waals surface area contributed by atoms with E-state index in [0.717, 1.165) is 12.1 Å². The molecule has 1 aliphatic rings. The summed E-state index contributed by atoms with van der Waals surface area (Å²) in [5.74, 6) is 0. The molecule has 1 aromatic carbocycles. The van der Waals surface area contributed by atoms with Crippen LogP contribution in [0.5, 0.6) is 0 Å². The fourth-order valence-corrected chi connectivity index (χ4v) is 1.70. The second-order valence-corrected chi connectivity index (χ2v) is 4.13. The Bertz CT molecular complexity index is 365. The molecule has 16 heavy (non-hydrogen) atoms. The van der Waals surface area contributed by atoms with Crippen LogP contribution in [0.4, 0.5) is 17.6 Å². The third-order valence-electron chi connectivity index (χ3n) is 2.69. The molecule has 88 valence electrons. The summed E-state index contributed by atoms with van der Waals surface area (Å²) in [6.07, 6.45) is -4.16. The minimum Gasteiger partial charge on any atom is -0.310 e. The minimum atomic E-state index is -4.33. The van der Waals surface area contributed by atoms with Gasteiger partial charge in [0.1, 0.15) is 5.67 Å². The molecule has 0 amide bonds. The van der Waals surface area contributed by atoms with Gasteiger partial charge in [-0.15, -0.1) is 0 Å². The third-order valence-corrected chi connectivity index (χ3v) is 2.69. The van der Waals surface area contributed by atoms with Crippen molar-refractivity contribution in [2.45, 2.75) is 18.3 Å². The van der Waals surface area contributed by atoms with Gasteiger partial charge in [0.2, 0.25) is 0 Å². The van der Waals surface area contributed by atoms with E-state index in [4.69, 9.17) is 0 Å². The van der Waals surface area contributed by atoms with Crippen molar-refractivity contribution < 1.29 is 17.6 Å². The maximum Gasteiger partial charge on any atom is 0.416 e. The van der Waals surface area contributed by atoms with Crippen LogP contribution in [0.15, 0.2) is 24.3 Å². The lowest BCUT2D eigenvalue weighted by molar-refractivity contribution is -0.137. The first-order valence-corrected chi connectivity index (χ1v) is 4.95. The molecule has 1 N–H and O–H groups in total. The van der Waals surface area contributed by atoms with Crippen LogP contribution in [0.3, 0.4) is 0 Å². The van der Waals surface area contributed by atoms with Crippen LogP contribution in [0, 0.1) is 0 Å². The zero-order valence-corrected chi connectivity index (χ0v) is 8.44. The number of halogens is 4. The molecule has 1 fully saturated rings. The summed E-state index contributed by atoms with van der Waals surface area (Å²) in [6, 6.07) is 4.65. The molecule has 0 saturated carbocycles. The molecule has 0 radical (unpaired) electrons. The quantitative estimate of drug-likeness (QED) is 0.774. The topological polar surface area (TPSA) is 12.0 Å². The average Bonchev–Trinajstić information content (AvgIpc) is 2.15. The molecular weight excluding hydrogens is 222 g/mol. The van der Waals surface area contributed by atoms with E-state index in [1.165, 1.54) is 12.1 Å². The van der Waals surface area contributed by atoms with Crippen LogP contribution in [0.2, 0.25) is 0 Å². The highest BCUT2D eigenvalue weighted by atomic mass is 19.4. The molecule has 0 aliphatic carbocycles. The van der Waals surface area contributed by atoms with Gasteiger partial charge in [0, 0.05) is 19.5 Å². The largest absolute Gasteiger partial charge is 0.416 e. The Morgan fingerprint density at radius 3 is 2.06 bits per heavy atom. The Balaban J connectivity index is 2.08. The van der Waals surface area contributed by atoms with E-state index in [1.807, 2.05) is 0 Å². The number of alkyl halides is 4. The number of rotatable bonds is 2. The summed E-state index contributed by atoms with van der Waals surface area (Å²) < 4.78 is 50.4. The summed E-state index contributed by atoms with van der Waals surface area (Å²) >= 11 is 0. The Morgan fingerprint density at radius 1 is 1.12 bits per heavy atom. The summed E-state index contributed by atoms with van der Waals surface area (Å²) in [5.41, 5.74) is -1.40. The lowest BCUT2D eigenvalue weighted by Gasteiger charge is -2.35. The Labute approximate surface area is 90.5 Å². The van der Waals surface area contributed by atoms with Gasteiger partial charge in [-0.1, -0.05) is 12.1 Å². The Morgan fingerprint density at radius 2 is 1.69 bits per heavy atom. The second kappa shape index (κ2) is 3.73. The van der Waals surface area contributed by atoms with Gasteiger partial charge in [-0.25, -0.2) is 4.39 Å². The molecule has 0 unspecified atom stereocenters.